The molecule has 10 nitrogen and oxygen atoms in total. The number of carboxylic acids is 2. The Bertz CT molecular complexity index is 1360. The summed E-state index contributed by atoms with van der Waals surface area (Å²) in [4.78, 5) is 47.9. The van der Waals surface area contributed by atoms with Gasteiger partial charge in [-0.1, -0.05) is 54.6 Å². The summed E-state index contributed by atoms with van der Waals surface area (Å²) in [6, 6.07) is 16.1. The van der Waals surface area contributed by atoms with Crippen LogP contribution in [-0.2, 0) is 19.1 Å². The molecule has 1 amide bonds. The Kier molecular flexibility index (Phi) is 11.7. The number of aliphatic carboxylic acids is 2. The van der Waals surface area contributed by atoms with Crippen molar-refractivity contribution < 1.29 is 38.5 Å². The summed E-state index contributed by atoms with van der Waals surface area (Å²) >= 11 is 1.26. The molecule has 216 valence electrons. The van der Waals surface area contributed by atoms with Crippen molar-refractivity contribution >= 4 is 46.2 Å². The van der Waals surface area contributed by atoms with E-state index in [1.807, 2.05) is 18.2 Å². The maximum Gasteiger partial charge on any atom is 0.414 e. The maximum absolute atomic E-state index is 13.3. The second-order valence-corrected chi connectivity index (χ2v) is 9.78. The number of benzene rings is 2. The van der Waals surface area contributed by atoms with Gasteiger partial charge in [0.2, 0.25) is 5.91 Å². The minimum Gasteiger partial charge on any atom is -0.473 e. The summed E-state index contributed by atoms with van der Waals surface area (Å²) in [5.74, 6) is -4.73. The largest absolute Gasteiger partial charge is 0.473 e. The van der Waals surface area contributed by atoms with Crippen LogP contribution in [-0.4, -0.2) is 90.2 Å². The lowest BCUT2D eigenvalue weighted by atomic mass is 10.0. The SMILES string of the molecule is COC(=O)c1c(-c2ccc(F)cc2)csc1NC(=O)CN1CCN(C/C=C/c2ccccc2)CC1.O=C(O)C(=O)O. The number of amides is 1. The Morgan fingerprint density at radius 2 is 1.56 bits per heavy atom. The number of halogens is 1. The lowest BCUT2D eigenvalue weighted by Gasteiger charge is -2.33. The van der Waals surface area contributed by atoms with Gasteiger partial charge in [0.1, 0.15) is 16.4 Å². The van der Waals surface area contributed by atoms with Crippen molar-refractivity contribution in [1.29, 1.82) is 0 Å². The molecule has 0 saturated carbocycles. The quantitative estimate of drug-likeness (QED) is 0.267. The molecule has 1 aliphatic rings. The number of carbonyl (C=O) groups is 4. The zero-order valence-corrected chi connectivity index (χ0v) is 23.1. The van der Waals surface area contributed by atoms with Crippen molar-refractivity contribution in [3.8, 4) is 11.1 Å². The van der Waals surface area contributed by atoms with E-state index in [9.17, 15) is 14.0 Å². The highest BCUT2D eigenvalue weighted by atomic mass is 32.1. The highest BCUT2D eigenvalue weighted by Gasteiger charge is 2.24. The lowest BCUT2D eigenvalue weighted by molar-refractivity contribution is -0.159. The first-order valence-electron chi connectivity index (χ1n) is 12.6. The fraction of sp³-hybridized carbons (Fsp3) is 0.241. The van der Waals surface area contributed by atoms with E-state index < -0.39 is 17.9 Å². The molecule has 12 heteroatoms. The fourth-order valence-electron chi connectivity index (χ4n) is 4.00. The Labute approximate surface area is 240 Å². The average Bonchev–Trinajstić information content (AvgIpc) is 3.38. The summed E-state index contributed by atoms with van der Waals surface area (Å²) < 4.78 is 18.3. The van der Waals surface area contributed by atoms with Gasteiger partial charge in [-0.3, -0.25) is 14.6 Å². The van der Waals surface area contributed by atoms with E-state index in [2.05, 4.69) is 39.4 Å². The molecule has 0 unspecified atom stereocenters. The van der Waals surface area contributed by atoms with Gasteiger partial charge in [-0.15, -0.1) is 11.3 Å². The number of hydrogen-bond acceptors (Lipinski definition) is 8. The first-order chi connectivity index (χ1) is 19.7. The number of nitrogens with one attached hydrogen (secondary N) is 1. The van der Waals surface area contributed by atoms with Crippen LogP contribution in [0.1, 0.15) is 15.9 Å². The molecule has 0 bridgehead atoms. The normalized spacial score (nSPS) is 13.7. The number of hydrogen-bond donors (Lipinski definition) is 3. The summed E-state index contributed by atoms with van der Waals surface area (Å²) in [6.45, 7) is 4.47. The van der Waals surface area contributed by atoms with E-state index in [-0.39, 0.29) is 23.8 Å². The van der Waals surface area contributed by atoms with Crippen LogP contribution in [0.15, 0.2) is 66.1 Å². The number of anilines is 1. The Balaban J connectivity index is 0.000000696. The zero-order valence-electron chi connectivity index (χ0n) is 22.3. The van der Waals surface area contributed by atoms with Crippen LogP contribution >= 0.6 is 11.3 Å². The summed E-state index contributed by atoms with van der Waals surface area (Å²) in [6.07, 6.45) is 4.29. The molecule has 0 radical (unpaired) electrons. The number of ether oxygens (including phenoxy) is 1. The molecule has 0 spiro atoms. The Morgan fingerprint density at radius 1 is 0.951 bits per heavy atom. The monoisotopic (exact) mass is 583 g/mol. The molecule has 3 aromatic rings. The third-order valence-electron chi connectivity index (χ3n) is 6.08. The van der Waals surface area contributed by atoms with Crippen molar-refractivity contribution in [1.82, 2.24) is 9.80 Å². The van der Waals surface area contributed by atoms with Crippen LogP contribution in [0.2, 0.25) is 0 Å². The Hall–Kier alpha value is -4.39. The Morgan fingerprint density at radius 3 is 2.15 bits per heavy atom. The molecule has 1 aromatic heterocycles. The number of esters is 1. The van der Waals surface area contributed by atoms with E-state index in [1.165, 1.54) is 36.1 Å². The van der Waals surface area contributed by atoms with Crippen molar-refractivity contribution in [2.24, 2.45) is 0 Å². The first-order valence-corrected chi connectivity index (χ1v) is 13.4. The molecule has 0 atom stereocenters. The molecule has 2 heterocycles. The van der Waals surface area contributed by atoms with Crippen molar-refractivity contribution in [2.75, 3.05) is 51.7 Å². The number of carboxylic acid groups (broad SMARTS) is 2. The van der Waals surface area contributed by atoms with Crippen molar-refractivity contribution in [3.63, 3.8) is 0 Å². The van der Waals surface area contributed by atoms with Gasteiger partial charge in [-0.2, -0.15) is 0 Å². The van der Waals surface area contributed by atoms with Crippen LogP contribution in [0.4, 0.5) is 9.39 Å². The molecule has 3 N–H and O–H groups in total. The van der Waals surface area contributed by atoms with E-state index in [0.29, 0.717) is 16.1 Å². The fourth-order valence-corrected chi connectivity index (χ4v) is 4.97. The second-order valence-electron chi connectivity index (χ2n) is 8.90. The highest BCUT2D eigenvalue weighted by molar-refractivity contribution is 7.15. The molecule has 0 aliphatic carbocycles. The number of methoxy groups -OCH3 is 1. The molecular formula is C29H30FN3O7S. The van der Waals surface area contributed by atoms with Crippen molar-refractivity contribution in [3.05, 3.63) is 83.0 Å². The van der Waals surface area contributed by atoms with Gasteiger partial charge in [-0.05, 0) is 23.3 Å². The lowest BCUT2D eigenvalue weighted by Crippen LogP contribution is -2.48. The standard InChI is InChI=1S/C27H28FN3O3S.C2H2O4/c1-34-27(33)25-23(21-9-11-22(28)12-10-21)19-35-26(25)29-24(32)18-31-16-14-30(15-17-31)13-5-8-20-6-3-2-4-7-20;3-1(4)2(5)6/h2-12,19H,13-18H2,1H3,(H,29,32);(H,3,4)(H,5,6)/b8-5+;. The van der Waals surface area contributed by atoms with Gasteiger partial charge in [0.25, 0.3) is 0 Å². The molecular weight excluding hydrogens is 553 g/mol. The maximum atomic E-state index is 13.3. The first kappa shape index (κ1) is 31.1. The summed E-state index contributed by atoms with van der Waals surface area (Å²) in [5, 5.41) is 19.9. The smallest absolute Gasteiger partial charge is 0.414 e. The third-order valence-corrected chi connectivity index (χ3v) is 6.97. The van der Waals surface area contributed by atoms with Gasteiger partial charge < -0.3 is 20.3 Å². The van der Waals surface area contributed by atoms with E-state index in [4.69, 9.17) is 24.5 Å². The average molecular weight is 584 g/mol. The molecule has 1 aliphatic heterocycles. The van der Waals surface area contributed by atoms with Crippen LogP contribution < -0.4 is 5.32 Å². The summed E-state index contributed by atoms with van der Waals surface area (Å²) in [5.41, 5.74) is 2.76. The second kappa shape index (κ2) is 15.4. The van der Waals surface area contributed by atoms with Crippen LogP contribution in [0.3, 0.4) is 0 Å². The van der Waals surface area contributed by atoms with Crippen LogP contribution in [0.5, 0.6) is 0 Å². The zero-order chi connectivity index (χ0) is 29.8. The molecule has 1 saturated heterocycles. The van der Waals surface area contributed by atoms with E-state index >= 15 is 0 Å². The van der Waals surface area contributed by atoms with Crippen LogP contribution in [0, 0.1) is 5.82 Å². The number of nitrogens with zero attached hydrogens (tertiary/aromatic N) is 2. The van der Waals surface area contributed by atoms with E-state index in [1.54, 1.807) is 17.5 Å². The molecule has 1 fully saturated rings. The topological polar surface area (TPSA) is 136 Å². The van der Waals surface area contributed by atoms with Gasteiger partial charge in [0.05, 0.1) is 13.7 Å². The predicted octanol–water partition coefficient (Wildman–Crippen LogP) is 3.77. The number of rotatable bonds is 8. The van der Waals surface area contributed by atoms with Gasteiger partial charge >= 0.3 is 17.9 Å². The molecule has 2 aromatic carbocycles. The van der Waals surface area contributed by atoms with E-state index in [0.717, 1.165) is 32.7 Å². The van der Waals surface area contributed by atoms with Crippen LogP contribution in [0.25, 0.3) is 17.2 Å². The highest BCUT2D eigenvalue weighted by Crippen LogP contribution is 2.36. The van der Waals surface area contributed by atoms with Gasteiger partial charge in [0, 0.05) is 43.7 Å². The molecule has 4 rings (SSSR count). The third kappa shape index (κ3) is 9.64. The minimum absolute atomic E-state index is 0.180. The van der Waals surface area contributed by atoms with Gasteiger partial charge in [0.15, 0.2) is 0 Å². The van der Waals surface area contributed by atoms with Gasteiger partial charge in [-0.25, -0.2) is 18.8 Å². The summed E-state index contributed by atoms with van der Waals surface area (Å²) in [7, 11) is 1.30. The van der Waals surface area contributed by atoms with Crippen molar-refractivity contribution in [2.45, 2.75) is 0 Å². The number of thiophene rings is 1. The number of carbonyl (C=O) groups excluding carboxylic acids is 2. The number of piperazine rings is 1. The minimum atomic E-state index is -1.82. The molecule has 41 heavy (non-hydrogen) atoms. The predicted molar refractivity (Wildman–Crippen MR) is 153 cm³/mol.